The number of allylic oxidation sites excluding steroid dienone is 1. The summed E-state index contributed by atoms with van der Waals surface area (Å²) in [7, 11) is 1.69. The van der Waals surface area contributed by atoms with Gasteiger partial charge in [0.15, 0.2) is 10.8 Å². The van der Waals surface area contributed by atoms with Gasteiger partial charge in [0.1, 0.15) is 0 Å². The van der Waals surface area contributed by atoms with Gasteiger partial charge in [0.25, 0.3) is 0 Å². The number of fused-ring (bicyclic) bond motifs is 1. The van der Waals surface area contributed by atoms with Crippen molar-refractivity contribution in [2.75, 3.05) is 26.8 Å². The Kier molecular flexibility index (Phi) is 4.34. The molecule has 0 saturated carbocycles. The molecule has 0 N–H and O–H groups in total. The van der Waals surface area contributed by atoms with Crippen LogP contribution in [-0.2, 0) is 4.74 Å². The number of rotatable bonds is 5. The molecule has 0 bridgehead atoms. The van der Waals surface area contributed by atoms with Gasteiger partial charge in [-0.1, -0.05) is 0 Å². The van der Waals surface area contributed by atoms with Gasteiger partial charge in [0.05, 0.1) is 19.3 Å². The Labute approximate surface area is 147 Å². The molecular weight excluding hydrogens is 348 g/mol. The van der Waals surface area contributed by atoms with Crippen molar-refractivity contribution in [1.82, 2.24) is 19.7 Å². The third kappa shape index (κ3) is 2.98. The number of aliphatic imine (C=N–C) groups is 1. The summed E-state index contributed by atoms with van der Waals surface area (Å²) in [5, 5.41) is 6.56. The fraction of sp³-hybridized carbons (Fsp3) is 0.438. The largest absolute Gasteiger partial charge is 0.384 e. The summed E-state index contributed by atoms with van der Waals surface area (Å²) in [5.74, 6) is 1.19. The van der Waals surface area contributed by atoms with Crippen LogP contribution in [-0.4, -0.2) is 52.3 Å². The van der Waals surface area contributed by atoms with E-state index in [0.29, 0.717) is 29.3 Å². The van der Waals surface area contributed by atoms with E-state index in [1.54, 1.807) is 24.6 Å². The van der Waals surface area contributed by atoms with Gasteiger partial charge in [0, 0.05) is 54.2 Å². The first-order valence-electron chi connectivity index (χ1n) is 7.93. The predicted octanol–water partition coefficient (Wildman–Crippen LogP) is 2.87. The van der Waals surface area contributed by atoms with E-state index < -0.39 is 6.55 Å². The third-order valence-corrected chi connectivity index (χ3v) is 5.18. The summed E-state index contributed by atoms with van der Waals surface area (Å²) >= 11 is 1.54. The first-order valence-corrected chi connectivity index (χ1v) is 8.81. The Hall–Kier alpha value is -2.13. The number of thiazole rings is 1. The summed E-state index contributed by atoms with van der Waals surface area (Å²) in [6, 6.07) is 0. The van der Waals surface area contributed by atoms with Crippen LogP contribution >= 0.6 is 11.3 Å². The first kappa shape index (κ1) is 16.3. The molecule has 1 unspecified atom stereocenters. The van der Waals surface area contributed by atoms with E-state index in [0.717, 1.165) is 35.1 Å². The number of hydrogen-bond donors (Lipinski definition) is 0. The van der Waals surface area contributed by atoms with Gasteiger partial charge in [-0.15, -0.1) is 11.3 Å². The van der Waals surface area contributed by atoms with E-state index in [1.165, 1.54) is 12.4 Å². The van der Waals surface area contributed by atoms with Crippen molar-refractivity contribution in [2.24, 2.45) is 10.9 Å². The molecule has 2 aliphatic rings. The lowest BCUT2D eigenvalue weighted by molar-refractivity contribution is 0.0566. The molecule has 0 aromatic carbocycles. The fourth-order valence-corrected chi connectivity index (χ4v) is 4.02. The number of alkyl halides is 2. The number of nitrogens with zero attached hydrogens (tertiary/aromatic N) is 5. The highest BCUT2D eigenvalue weighted by molar-refractivity contribution is 7.11. The molecule has 2 aromatic rings. The van der Waals surface area contributed by atoms with Crippen LogP contribution in [0.3, 0.4) is 0 Å². The van der Waals surface area contributed by atoms with Gasteiger partial charge < -0.3 is 9.64 Å². The van der Waals surface area contributed by atoms with E-state index in [1.807, 2.05) is 5.38 Å². The third-order valence-electron chi connectivity index (χ3n) is 4.42. The average molecular weight is 365 g/mol. The summed E-state index contributed by atoms with van der Waals surface area (Å²) in [6.07, 6.45) is 5.46. The normalized spacial score (nSPS) is 20.4. The molecule has 1 atom stereocenters. The zero-order chi connectivity index (χ0) is 17.4. The molecule has 0 amide bonds. The minimum Gasteiger partial charge on any atom is -0.384 e. The van der Waals surface area contributed by atoms with Gasteiger partial charge in [-0.2, -0.15) is 13.9 Å². The molecule has 25 heavy (non-hydrogen) atoms. The average Bonchev–Trinajstić information content (AvgIpc) is 3.34. The molecule has 9 heteroatoms. The molecule has 4 rings (SSSR count). The maximum atomic E-state index is 12.8. The van der Waals surface area contributed by atoms with Crippen molar-refractivity contribution in [3.05, 3.63) is 40.2 Å². The van der Waals surface area contributed by atoms with E-state index >= 15 is 0 Å². The van der Waals surface area contributed by atoms with Crippen molar-refractivity contribution in [3.8, 4) is 0 Å². The number of hydrogen-bond acceptors (Lipinski definition) is 6. The minimum absolute atomic E-state index is 0.336. The van der Waals surface area contributed by atoms with Gasteiger partial charge in [-0.05, 0) is 6.42 Å². The number of halogens is 2. The topological polar surface area (TPSA) is 55.5 Å². The summed E-state index contributed by atoms with van der Waals surface area (Å²) in [4.78, 5) is 11.2. The SMILES string of the molecule is COCC1CC2=C(c3cnn(C(F)F)c3)CN=C(c3nccs3)N2C1. The van der Waals surface area contributed by atoms with Crippen LogP contribution in [0.2, 0.25) is 0 Å². The predicted molar refractivity (Wildman–Crippen MR) is 90.6 cm³/mol. The van der Waals surface area contributed by atoms with Crippen LogP contribution < -0.4 is 0 Å². The minimum atomic E-state index is -2.64. The molecule has 132 valence electrons. The Bertz CT molecular complexity index is 814. The Balaban J connectivity index is 1.71. The number of ether oxygens (including phenoxy) is 1. The lowest BCUT2D eigenvalue weighted by Crippen LogP contribution is -2.32. The van der Waals surface area contributed by atoms with Crippen LogP contribution in [0.1, 0.15) is 23.5 Å². The van der Waals surface area contributed by atoms with E-state index in [9.17, 15) is 8.78 Å². The van der Waals surface area contributed by atoms with E-state index in [2.05, 4.69) is 20.0 Å². The van der Waals surface area contributed by atoms with Crippen molar-refractivity contribution in [1.29, 1.82) is 0 Å². The monoisotopic (exact) mass is 365 g/mol. The zero-order valence-electron chi connectivity index (χ0n) is 13.6. The van der Waals surface area contributed by atoms with Crippen molar-refractivity contribution >= 4 is 22.7 Å². The Morgan fingerprint density at radius 1 is 1.44 bits per heavy atom. The lowest BCUT2D eigenvalue weighted by atomic mass is 10.0. The summed E-state index contributed by atoms with van der Waals surface area (Å²) < 4.78 is 31.7. The second kappa shape index (κ2) is 6.64. The number of amidine groups is 1. The molecule has 2 aliphatic heterocycles. The highest BCUT2D eigenvalue weighted by Gasteiger charge is 2.36. The van der Waals surface area contributed by atoms with Crippen molar-refractivity contribution < 1.29 is 13.5 Å². The molecule has 0 aliphatic carbocycles. The first-order chi connectivity index (χ1) is 12.2. The second-order valence-electron chi connectivity index (χ2n) is 6.03. The van der Waals surface area contributed by atoms with Gasteiger partial charge in [0.2, 0.25) is 0 Å². The molecule has 2 aromatic heterocycles. The molecule has 1 fully saturated rings. The van der Waals surface area contributed by atoms with Gasteiger partial charge in [-0.25, -0.2) is 9.67 Å². The highest BCUT2D eigenvalue weighted by Crippen LogP contribution is 2.37. The molecule has 0 radical (unpaired) electrons. The summed E-state index contributed by atoms with van der Waals surface area (Å²) in [5.41, 5.74) is 2.75. The Morgan fingerprint density at radius 2 is 2.32 bits per heavy atom. The molecule has 4 heterocycles. The van der Waals surface area contributed by atoms with Crippen LogP contribution in [0.25, 0.3) is 5.57 Å². The van der Waals surface area contributed by atoms with E-state index in [-0.39, 0.29) is 0 Å². The molecular formula is C16H17F2N5OS. The quantitative estimate of drug-likeness (QED) is 0.818. The van der Waals surface area contributed by atoms with Crippen molar-refractivity contribution in [3.63, 3.8) is 0 Å². The second-order valence-corrected chi connectivity index (χ2v) is 6.92. The number of aromatic nitrogens is 3. The number of methoxy groups -OCH3 is 1. The van der Waals surface area contributed by atoms with Crippen LogP contribution in [0.4, 0.5) is 8.78 Å². The van der Waals surface area contributed by atoms with Gasteiger partial charge in [-0.3, -0.25) is 4.99 Å². The molecule has 1 saturated heterocycles. The van der Waals surface area contributed by atoms with Crippen LogP contribution in [0, 0.1) is 5.92 Å². The molecule has 0 spiro atoms. The standard InChI is InChI=1S/C16H17F2N5OS/c1-24-9-10-4-13-12(11-5-21-23(8-11)16(17)18)6-20-14(22(13)7-10)15-19-2-3-25-15/h2-3,5,8,10,16H,4,6-7,9H2,1H3. The summed E-state index contributed by atoms with van der Waals surface area (Å²) in [6.45, 7) is -0.767. The van der Waals surface area contributed by atoms with Crippen LogP contribution in [0.15, 0.2) is 34.7 Å². The molecule has 6 nitrogen and oxygen atoms in total. The zero-order valence-corrected chi connectivity index (χ0v) is 14.4. The van der Waals surface area contributed by atoms with Crippen LogP contribution in [0.5, 0.6) is 0 Å². The van der Waals surface area contributed by atoms with E-state index in [4.69, 9.17) is 4.74 Å². The fourth-order valence-electron chi connectivity index (χ4n) is 3.37. The van der Waals surface area contributed by atoms with Gasteiger partial charge >= 0.3 is 6.55 Å². The highest BCUT2D eigenvalue weighted by atomic mass is 32.1. The van der Waals surface area contributed by atoms with Crippen molar-refractivity contribution in [2.45, 2.75) is 13.0 Å². The maximum absolute atomic E-state index is 12.8. The smallest absolute Gasteiger partial charge is 0.333 e. The lowest BCUT2D eigenvalue weighted by Gasteiger charge is -2.27. The Morgan fingerprint density at radius 3 is 3.00 bits per heavy atom. The maximum Gasteiger partial charge on any atom is 0.333 e.